The van der Waals surface area contributed by atoms with Gasteiger partial charge in [0.05, 0.1) is 7.11 Å². The number of methoxy groups -OCH3 is 1. The molecule has 16 heavy (non-hydrogen) atoms. The summed E-state index contributed by atoms with van der Waals surface area (Å²) in [5, 5.41) is 8.09. The summed E-state index contributed by atoms with van der Waals surface area (Å²) in [6, 6.07) is 8.18. The quantitative estimate of drug-likeness (QED) is 0.793. The van der Waals surface area contributed by atoms with Crippen LogP contribution >= 0.6 is 0 Å². The maximum absolute atomic E-state index is 5.20. The summed E-state index contributed by atoms with van der Waals surface area (Å²) >= 11 is 0. The van der Waals surface area contributed by atoms with E-state index in [1.54, 1.807) is 13.4 Å². The summed E-state index contributed by atoms with van der Waals surface area (Å²) in [4.78, 5) is 0. The van der Waals surface area contributed by atoms with Gasteiger partial charge in [-0.05, 0) is 26.0 Å². The molecule has 2 rings (SSSR count). The minimum absolute atomic E-state index is 0.344. The highest BCUT2D eigenvalue weighted by atomic mass is 16.5. The Morgan fingerprint density at radius 2 is 2.12 bits per heavy atom. The van der Waals surface area contributed by atoms with E-state index >= 15 is 0 Å². The van der Waals surface area contributed by atoms with E-state index in [0.29, 0.717) is 6.04 Å². The lowest BCUT2D eigenvalue weighted by Gasteiger charge is -2.10. The van der Waals surface area contributed by atoms with Crippen molar-refractivity contribution in [3.63, 3.8) is 0 Å². The Labute approximate surface area is 94.9 Å². The van der Waals surface area contributed by atoms with Crippen molar-refractivity contribution >= 4 is 0 Å². The van der Waals surface area contributed by atoms with Crippen LogP contribution in [0.25, 0.3) is 11.4 Å². The van der Waals surface area contributed by atoms with E-state index in [-0.39, 0.29) is 0 Å². The van der Waals surface area contributed by atoms with Gasteiger partial charge in [-0.1, -0.05) is 12.1 Å². The second-order valence-electron chi connectivity index (χ2n) is 3.89. The van der Waals surface area contributed by atoms with E-state index in [9.17, 15) is 0 Å². The van der Waals surface area contributed by atoms with Gasteiger partial charge in [0.1, 0.15) is 12.1 Å². The van der Waals surface area contributed by atoms with Crippen LogP contribution in [0.4, 0.5) is 0 Å². The largest absolute Gasteiger partial charge is 0.497 e. The summed E-state index contributed by atoms with van der Waals surface area (Å²) < 4.78 is 7.23. The maximum atomic E-state index is 5.20. The zero-order valence-electron chi connectivity index (χ0n) is 9.71. The number of rotatable bonds is 3. The Kier molecular flexibility index (Phi) is 2.90. The van der Waals surface area contributed by atoms with Crippen LogP contribution in [0, 0.1) is 0 Å². The first kappa shape index (κ1) is 10.7. The van der Waals surface area contributed by atoms with E-state index in [2.05, 4.69) is 24.0 Å². The molecular weight excluding hydrogens is 202 g/mol. The van der Waals surface area contributed by atoms with Crippen molar-refractivity contribution in [1.82, 2.24) is 14.8 Å². The molecule has 1 aromatic heterocycles. The predicted octanol–water partition coefficient (Wildman–Crippen LogP) is 2.53. The molecule has 1 heterocycles. The lowest BCUT2D eigenvalue weighted by atomic mass is 10.2. The molecule has 0 bridgehead atoms. The SMILES string of the molecule is COc1cccc(-c2nncn2C(C)C)c1. The van der Waals surface area contributed by atoms with Crippen LogP contribution in [0.15, 0.2) is 30.6 Å². The second-order valence-corrected chi connectivity index (χ2v) is 3.89. The van der Waals surface area contributed by atoms with Gasteiger partial charge in [-0.15, -0.1) is 10.2 Å². The van der Waals surface area contributed by atoms with E-state index in [1.807, 2.05) is 28.8 Å². The van der Waals surface area contributed by atoms with E-state index in [4.69, 9.17) is 4.74 Å². The third-order valence-electron chi connectivity index (χ3n) is 2.46. The fourth-order valence-corrected chi connectivity index (χ4v) is 1.59. The van der Waals surface area contributed by atoms with Gasteiger partial charge in [0.15, 0.2) is 5.82 Å². The van der Waals surface area contributed by atoms with Crippen molar-refractivity contribution < 1.29 is 4.74 Å². The Bertz CT molecular complexity index is 477. The van der Waals surface area contributed by atoms with E-state index in [1.165, 1.54) is 0 Å². The second kappa shape index (κ2) is 4.35. The van der Waals surface area contributed by atoms with Crippen molar-refractivity contribution in [2.24, 2.45) is 0 Å². The van der Waals surface area contributed by atoms with Gasteiger partial charge in [-0.25, -0.2) is 0 Å². The fourth-order valence-electron chi connectivity index (χ4n) is 1.59. The number of ether oxygens (including phenoxy) is 1. The highest BCUT2D eigenvalue weighted by Crippen LogP contribution is 2.23. The van der Waals surface area contributed by atoms with E-state index < -0.39 is 0 Å². The first-order valence-corrected chi connectivity index (χ1v) is 5.26. The molecular formula is C12H15N3O. The Balaban J connectivity index is 2.46. The van der Waals surface area contributed by atoms with Gasteiger partial charge in [0.25, 0.3) is 0 Å². The fraction of sp³-hybridized carbons (Fsp3) is 0.333. The minimum Gasteiger partial charge on any atom is -0.497 e. The first-order valence-electron chi connectivity index (χ1n) is 5.26. The summed E-state index contributed by atoms with van der Waals surface area (Å²) in [5.74, 6) is 1.70. The zero-order chi connectivity index (χ0) is 11.5. The summed E-state index contributed by atoms with van der Waals surface area (Å²) in [6.45, 7) is 4.21. The van der Waals surface area contributed by atoms with Crippen LogP contribution in [0.1, 0.15) is 19.9 Å². The van der Waals surface area contributed by atoms with Crippen molar-refractivity contribution in [3.05, 3.63) is 30.6 Å². The Hall–Kier alpha value is -1.84. The van der Waals surface area contributed by atoms with Gasteiger partial charge in [-0.2, -0.15) is 0 Å². The molecule has 0 N–H and O–H groups in total. The molecule has 0 aliphatic heterocycles. The standard InChI is InChI=1S/C12H15N3O/c1-9(2)15-8-13-14-12(15)10-5-4-6-11(7-10)16-3/h4-9H,1-3H3. The molecule has 4 heteroatoms. The topological polar surface area (TPSA) is 39.9 Å². The lowest BCUT2D eigenvalue weighted by molar-refractivity contribution is 0.415. The van der Waals surface area contributed by atoms with Crippen LogP contribution in [0.2, 0.25) is 0 Å². The molecule has 0 radical (unpaired) electrons. The molecule has 0 saturated heterocycles. The number of hydrogen-bond donors (Lipinski definition) is 0. The van der Waals surface area contributed by atoms with Crippen molar-refractivity contribution in [1.29, 1.82) is 0 Å². The summed E-state index contributed by atoms with van der Waals surface area (Å²) in [6.07, 6.45) is 1.75. The van der Waals surface area contributed by atoms with Gasteiger partial charge in [0.2, 0.25) is 0 Å². The molecule has 0 unspecified atom stereocenters. The van der Waals surface area contributed by atoms with Gasteiger partial charge in [-0.3, -0.25) is 0 Å². The first-order chi connectivity index (χ1) is 7.72. The predicted molar refractivity (Wildman–Crippen MR) is 62.4 cm³/mol. The van der Waals surface area contributed by atoms with Crippen molar-refractivity contribution in [3.8, 4) is 17.1 Å². The number of hydrogen-bond acceptors (Lipinski definition) is 3. The average molecular weight is 217 g/mol. The normalized spacial score (nSPS) is 10.8. The monoisotopic (exact) mass is 217 g/mol. The number of benzene rings is 1. The average Bonchev–Trinajstić information content (AvgIpc) is 2.78. The molecule has 84 valence electrons. The van der Waals surface area contributed by atoms with Crippen LogP contribution in [-0.4, -0.2) is 21.9 Å². The number of aromatic nitrogens is 3. The van der Waals surface area contributed by atoms with Crippen LogP contribution in [-0.2, 0) is 0 Å². The highest BCUT2D eigenvalue weighted by molar-refractivity contribution is 5.57. The van der Waals surface area contributed by atoms with E-state index in [0.717, 1.165) is 17.1 Å². The lowest BCUT2D eigenvalue weighted by Crippen LogP contribution is -2.01. The van der Waals surface area contributed by atoms with Crippen LogP contribution < -0.4 is 4.74 Å². The molecule has 0 amide bonds. The molecule has 0 fully saturated rings. The maximum Gasteiger partial charge on any atom is 0.164 e. The molecule has 0 spiro atoms. The molecule has 2 aromatic rings. The van der Waals surface area contributed by atoms with Gasteiger partial charge >= 0.3 is 0 Å². The van der Waals surface area contributed by atoms with Crippen LogP contribution in [0.3, 0.4) is 0 Å². The molecule has 0 saturated carbocycles. The summed E-state index contributed by atoms with van der Waals surface area (Å²) in [7, 11) is 1.66. The Morgan fingerprint density at radius 3 is 2.81 bits per heavy atom. The minimum atomic E-state index is 0.344. The zero-order valence-corrected chi connectivity index (χ0v) is 9.71. The highest BCUT2D eigenvalue weighted by Gasteiger charge is 2.09. The molecule has 0 aliphatic carbocycles. The molecule has 1 aromatic carbocycles. The van der Waals surface area contributed by atoms with Crippen molar-refractivity contribution in [2.75, 3.05) is 7.11 Å². The third kappa shape index (κ3) is 1.91. The molecule has 0 aliphatic rings. The third-order valence-corrected chi connectivity index (χ3v) is 2.46. The molecule has 0 atom stereocenters. The molecule has 4 nitrogen and oxygen atoms in total. The Morgan fingerprint density at radius 1 is 1.31 bits per heavy atom. The number of nitrogens with zero attached hydrogens (tertiary/aromatic N) is 3. The summed E-state index contributed by atoms with van der Waals surface area (Å²) in [5.41, 5.74) is 1.02. The smallest absolute Gasteiger partial charge is 0.164 e. The van der Waals surface area contributed by atoms with Crippen LogP contribution in [0.5, 0.6) is 5.75 Å². The van der Waals surface area contributed by atoms with Gasteiger partial charge < -0.3 is 9.30 Å². The van der Waals surface area contributed by atoms with Crippen molar-refractivity contribution in [2.45, 2.75) is 19.9 Å². The van der Waals surface area contributed by atoms with Gasteiger partial charge in [0, 0.05) is 11.6 Å².